The summed E-state index contributed by atoms with van der Waals surface area (Å²) in [6, 6.07) is 7.10. The third-order valence-corrected chi connectivity index (χ3v) is 5.44. The topological polar surface area (TPSA) is 95.2 Å². The molecule has 130 valence electrons. The number of aryl methyl sites for hydroxylation is 2. The molecule has 0 aliphatic heterocycles. The zero-order valence-electron chi connectivity index (χ0n) is 14.3. The second kappa shape index (κ2) is 7.14. The molecule has 24 heavy (non-hydrogen) atoms. The standard InChI is InChI=1S/C16H22N4O3S/c1-11-15(19-12(2)18-11)13-6-5-7-14(10-13)16(21)17-8-9-24(22,23)20(3)4/h5-7,10H,8-9H2,1-4H3,(H,17,21)(H,18,19). The summed E-state index contributed by atoms with van der Waals surface area (Å²) >= 11 is 0. The number of H-pyrrole nitrogens is 1. The molecule has 1 aromatic carbocycles. The summed E-state index contributed by atoms with van der Waals surface area (Å²) in [7, 11) is -0.391. The largest absolute Gasteiger partial charge is 0.351 e. The minimum absolute atomic E-state index is 0.0596. The van der Waals surface area contributed by atoms with Crippen LogP contribution in [0.4, 0.5) is 0 Å². The number of sulfonamides is 1. The van der Waals surface area contributed by atoms with Crippen molar-refractivity contribution >= 4 is 15.9 Å². The second-order valence-electron chi connectivity index (χ2n) is 5.73. The van der Waals surface area contributed by atoms with E-state index in [0.29, 0.717) is 5.56 Å². The number of nitrogens with one attached hydrogen (secondary N) is 2. The maximum Gasteiger partial charge on any atom is 0.251 e. The van der Waals surface area contributed by atoms with Crippen LogP contribution < -0.4 is 5.32 Å². The quantitative estimate of drug-likeness (QED) is 0.821. The molecular weight excluding hydrogens is 328 g/mol. The Hall–Kier alpha value is -2.19. The van der Waals surface area contributed by atoms with E-state index in [0.717, 1.165) is 27.1 Å². The van der Waals surface area contributed by atoms with Crippen LogP contribution in [-0.2, 0) is 10.0 Å². The number of hydrogen-bond donors (Lipinski definition) is 2. The van der Waals surface area contributed by atoms with E-state index in [4.69, 9.17) is 0 Å². The van der Waals surface area contributed by atoms with Crippen molar-refractivity contribution in [3.05, 3.63) is 41.3 Å². The average molecular weight is 350 g/mol. The fraction of sp³-hybridized carbons (Fsp3) is 0.375. The highest BCUT2D eigenvalue weighted by Gasteiger charge is 2.15. The number of rotatable bonds is 6. The van der Waals surface area contributed by atoms with Gasteiger partial charge in [-0.3, -0.25) is 4.79 Å². The summed E-state index contributed by atoms with van der Waals surface area (Å²) in [6.45, 7) is 3.86. The van der Waals surface area contributed by atoms with Gasteiger partial charge in [-0.2, -0.15) is 0 Å². The van der Waals surface area contributed by atoms with Crippen molar-refractivity contribution < 1.29 is 13.2 Å². The molecule has 1 amide bonds. The van der Waals surface area contributed by atoms with Gasteiger partial charge in [0.1, 0.15) is 5.82 Å². The number of aromatic nitrogens is 2. The maximum atomic E-state index is 12.2. The zero-order chi connectivity index (χ0) is 17.9. The third kappa shape index (κ3) is 4.21. The lowest BCUT2D eigenvalue weighted by molar-refractivity contribution is 0.0956. The van der Waals surface area contributed by atoms with Crippen LogP contribution >= 0.6 is 0 Å². The first-order valence-corrected chi connectivity index (χ1v) is 9.13. The van der Waals surface area contributed by atoms with E-state index in [1.807, 2.05) is 19.9 Å². The van der Waals surface area contributed by atoms with Gasteiger partial charge in [-0.05, 0) is 26.0 Å². The summed E-state index contributed by atoms with van der Waals surface area (Å²) in [5.41, 5.74) is 3.04. The van der Waals surface area contributed by atoms with E-state index in [9.17, 15) is 13.2 Å². The van der Waals surface area contributed by atoms with Crippen LogP contribution in [0, 0.1) is 13.8 Å². The summed E-state index contributed by atoms with van der Waals surface area (Å²) in [6.07, 6.45) is 0. The molecule has 8 heteroatoms. The van der Waals surface area contributed by atoms with Crippen molar-refractivity contribution in [2.45, 2.75) is 13.8 Å². The van der Waals surface area contributed by atoms with Crippen LogP contribution in [0.25, 0.3) is 11.3 Å². The van der Waals surface area contributed by atoms with Gasteiger partial charge in [-0.1, -0.05) is 12.1 Å². The fourth-order valence-electron chi connectivity index (χ4n) is 2.28. The molecule has 2 rings (SSSR count). The van der Waals surface area contributed by atoms with Crippen molar-refractivity contribution in [1.29, 1.82) is 0 Å². The minimum Gasteiger partial charge on any atom is -0.351 e. The van der Waals surface area contributed by atoms with Gasteiger partial charge in [0.05, 0.1) is 11.4 Å². The molecule has 0 unspecified atom stereocenters. The molecule has 0 bridgehead atoms. The molecule has 0 aliphatic rings. The lowest BCUT2D eigenvalue weighted by atomic mass is 10.1. The van der Waals surface area contributed by atoms with Gasteiger partial charge in [-0.25, -0.2) is 17.7 Å². The third-order valence-electron chi connectivity index (χ3n) is 3.60. The molecule has 1 heterocycles. The van der Waals surface area contributed by atoms with E-state index in [1.165, 1.54) is 14.1 Å². The molecule has 0 radical (unpaired) electrons. The number of imidazole rings is 1. The van der Waals surface area contributed by atoms with Crippen molar-refractivity contribution in [3.63, 3.8) is 0 Å². The fourth-order valence-corrected chi connectivity index (χ4v) is 3.00. The Morgan fingerprint density at radius 3 is 2.58 bits per heavy atom. The average Bonchev–Trinajstić information content (AvgIpc) is 2.85. The van der Waals surface area contributed by atoms with Crippen LogP contribution in [0.2, 0.25) is 0 Å². The predicted molar refractivity (Wildman–Crippen MR) is 93.3 cm³/mol. The highest BCUT2D eigenvalue weighted by atomic mass is 32.2. The first-order chi connectivity index (χ1) is 11.2. The van der Waals surface area contributed by atoms with Crippen molar-refractivity contribution in [2.24, 2.45) is 0 Å². The van der Waals surface area contributed by atoms with Crippen LogP contribution in [0.15, 0.2) is 24.3 Å². The summed E-state index contributed by atoms with van der Waals surface area (Å²) in [5, 5.41) is 2.64. The molecule has 1 aromatic heterocycles. The molecular formula is C16H22N4O3S. The first-order valence-electron chi connectivity index (χ1n) is 7.53. The zero-order valence-corrected chi connectivity index (χ0v) is 15.1. The Morgan fingerprint density at radius 2 is 2.00 bits per heavy atom. The summed E-state index contributed by atoms with van der Waals surface area (Å²) in [4.78, 5) is 19.8. The van der Waals surface area contributed by atoms with Crippen molar-refractivity contribution in [1.82, 2.24) is 19.6 Å². The SMILES string of the molecule is Cc1nc(-c2cccc(C(=O)NCCS(=O)(=O)N(C)C)c2)c(C)[nH]1. The molecule has 0 fully saturated rings. The van der Waals surface area contributed by atoms with E-state index in [-0.39, 0.29) is 18.2 Å². The normalized spacial score (nSPS) is 11.7. The number of carbonyl (C=O) groups is 1. The van der Waals surface area contributed by atoms with Gasteiger partial charge in [0.15, 0.2) is 0 Å². The first kappa shape index (κ1) is 18.2. The van der Waals surface area contributed by atoms with Gasteiger partial charge >= 0.3 is 0 Å². The van der Waals surface area contributed by atoms with Crippen LogP contribution in [0.5, 0.6) is 0 Å². The van der Waals surface area contributed by atoms with E-state index < -0.39 is 10.0 Å². The number of hydrogen-bond acceptors (Lipinski definition) is 4. The van der Waals surface area contributed by atoms with Gasteiger partial charge in [0.25, 0.3) is 5.91 Å². The van der Waals surface area contributed by atoms with Crippen LogP contribution in [0.1, 0.15) is 21.9 Å². The molecule has 0 saturated heterocycles. The number of nitrogens with zero attached hydrogens (tertiary/aromatic N) is 2. The van der Waals surface area contributed by atoms with Gasteiger partial charge in [0.2, 0.25) is 10.0 Å². The lowest BCUT2D eigenvalue weighted by Crippen LogP contribution is -2.33. The van der Waals surface area contributed by atoms with E-state index >= 15 is 0 Å². The second-order valence-corrected chi connectivity index (χ2v) is 8.03. The van der Waals surface area contributed by atoms with Crippen LogP contribution in [-0.4, -0.2) is 55.0 Å². The smallest absolute Gasteiger partial charge is 0.251 e. The highest BCUT2D eigenvalue weighted by Crippen LogP contribution is 2.22. The van der Waals surface area contributed by atoms with Crippen LogP contribution in [0.3, 0.4) is 0 Å². The highest BCUT2D eigenvalue weighted by molar-refractivity contribution is 7.89. The Balaban J connectivity index is 2.09. The molecule has 2 aromatic rings. The molecule has 0 atom stereocenters. The Kier molecular flexibility index (Phi) is 5.40. The Morgan fingerprint density at radius 1 is 1.29 bits per heavy atom. The number of carbonyl (C=O) groups excluding carboxylic acids is 1. The summed E-state index contributed by atoms with van der Waals surface area (Å²) < 4.78 is 24.5. The molecule has 0 aliphatic carbocycles. The van der Waals surface area contributed by atoms with Gasteiger partial charge < -0.3 is 10.3 Å². The number of benzene rings is 1. The minimum atomic E-state index is -3.33. The Bertz CT molecular complexity index is 841. The molecule has 7 nitrogen and oxygen atoms in total. The number of aromatic amines is 1. The van der Waals surface area contributed by atoms with Crippen molar-refractivity contribution in [3.8, 4) is 11.3 Å². The maximum absolute atomic E-state index is 12.2. The number of amides is 1. The van der Waals surface area contributed by atoms with Gasteiger partial charge in [-0.15, -0.1) is 0 Å². The lowest BCUT2D eigenvalue weighted by Gasteiger charge is -2.11. The molecule has 0 spiro atoms. The van der Waals surface area contributed by atoms with Gasteiger partial charge in [0, 0.05) is 37.5 Å². The van der Waals surface area contributed by atoms with E-state index in [1.54, 1.807) is 18.2 Å². The molecule has 2 N–H and O–H groups in total. The monoisotopic (exact) mass is 350 g/mol. The predicted octanol–water partition coefficient (Wildman–Crippen LogP) is 1.31. The summed E-state index contributed by atoms with van der Waals surface area (Å²) in [5.74, 6) is 0.366. The van der Waals surface area contributed by atoms with Crippen molar-refractivity contribution in [2.75, 3.05) is 26.4 Å². The molecule has 0 saturated carbocycles. The van der Waals surface area contributed by atoms with E-state index in [2.05, 4.69) is 15.3 Å². The Labute approximate surface area is 142 Å².